The lowest BCUT2D eigenvalue weighted by atomic mass is 10.0. The normalized spacial score (nSPS) is 23.5. The second-order valence-corrected chi connectivity index (χ2v) is 5.30. The molecular weight excluding hydrogens is 238 g/mol. The molecule has 1 aromatic heterocycles. The van der Waals surface area contributed by atoms with E-state index in [2.05, 4.69) is 21.6 Å². The van der Waals surface area contributed by atoms with E-state index in [1.165, 1.54) is 19.3 Å². The minimum atomic E-state index is 0.123. The Kier molecular flexibility index (Phi) is 4.33. The van der Waals surface area contributed by atoms with Crippen molar-refractivity contribution in [1.82, 2.24) is 10.2 Å². The van der Waals surface area contributed by atoms with Gasteiger partial charge in [0.05, 0.1) is 5.69 Å². The van der Waals surface area contributed by atoms with Crippen LogP contribution in [0.15, 0.2) is 0 Å². The standard InChI is InChI=1S/C14H21N5/c1-9-10(2)18-19-14(11(9)8-15)17-13-7-5-3-4-6-12(13)16/h12-13H,3-7,16H2,1-2H3,(H,17,19). The second kappa shape index (κ2) is 5.98. The van der Waals surface area contributed by atoms with Crippen molar-refractivity contribution in [2.45, 2.75) is 58.0 Å². The zero-order valence-corrected chi connectivity index (χ0v) is 11.6. The lowest BCUT2D eigenvalue weighted by molar-refractivity contribution is 0.526. The van der Waals surface area contributed by atoms with E-state index in [1.807, 2.05) is 13.8 Å². The van der Waals surface area contributed by atoms with Crippen molar-refractivity contribution in [2.75, 3.05) is 5.32 Å². The highest BCUT2D eigenvalue weighted by Gasteiger charge is 2.22. The summed E-state index contributed by atoms with van der Waals surface area (Å²) in [6.45, 7) is 3.77. The van der Waals surface area contributed by atoms with Gasteiger partial charge < -0.3 is 11.1 Å². The van der Waals surface area contributed by atoms with Gasteiger partial charge in [-0.25, -0.2) is 0 Å². The summed E-state index contributed by atoms with van der Waals surface area (Å²) in [4.78, 5) is 0. The molecule has 0 bridgehead atoms. The van der Waals surface area contributed by atoms with Gasteiger partial charge in [0.15, 0.2) is 5.82 Å². The number of nitriles is 1. The van der Waals surface area contributed by atoms with Crippen LogP contribution in [-0.2, 0) is 0 Å². The summed E-state index contributed by atoms with van der Waals surface area (Å²) in [6, 6.07) is 2.53. The molecule has 1 aliphatic rings. The maximum absolute atomic E-state index is 9.29. The Bertz CT molecular complexity index is 491. The summed E-state index contributed by atoms with van der Waals surface area (Å²) in [5.74, 6) is 0.577. The summed E-state index contributed by atoms with van der Waals surface area (Å²) in [7, 11) is 0. The summed E-state index contributed by atoms with van der Waals surface area (Å²) < 4.78 is 0. The topological polar surface area (TPSA) is 87.6 Å². The Balaban J connectivity index is 2.23. The highest BCUT2D eigenvalue weighted by Crippen LogP contribution is 2.23. The summed E-state index contributed by atoms with van der Waals surface area (Å²) in [5.41, 5.74) is 8.47. The van der Waals surface area contributed by atoms with E-state index >= 15 is 0 Å². The van der Waals surface area contributed by atoms with Gasteiger partial charge in [0, 0.05) is 12.1 Å². The first-order chi connectivity index (χ1) is 9.13. The van der Waals surface area contributed by atoms with Gasteiger partial charge in [0.1, 0.15) is 11.6 Å². The molecule has 0 radical (unpaired) electrons. The fourth-order valence-corrected chi connectivity index (χ4v) is 2.54. The number of nitrogens with zero attached hydrogens (tertiary/aromatic N) is 3. The molecule has 0 aromatic carbocycles. The molecule has 1 aliphatic carbocycles. The third-order valence-electron chi connectivity index (χ3n) is 3.96. The maximum Gasteiger partial charge on any atom is 0.167 e. The van der Waals surface area contributed by atoms with E-state index in [4.69, 9.17) is 5.73 Å². The smallest absolute Gasteiger partial charge is 0.167 e. The molecule has 2 unspecified atom stereocenters. The van der Waals surface area contributed by atoms with E-state index in [0.717, 1.165) is 24.1 Å². The van der Waals surface area contributed by atoms with Crippen LogP contribution in [0.4, 0.5) is 5.82 Å². The number of nitrogens with two attached hydrogens (primary N) is 1. The Labute approximate surface area is 114 Å². The SMILES string of the molecule is Cc1nnc(NC2CCCCCC2N)c(C#N)c1C. The van der Waals surface area contributed by atoms with Crippen LogP contribution < -0.4 is 11.1 Å². The number of anilines is 1. The zero-order valence-electron chi connectivity index (χ0n) is 11.6. The van der Waals surface area contributed by atoms with Gasteiger partial charge in [-0.3, -0.25) is 0 Å². The van der Waals surface area contributed by atoms with Crippen LogP contribution in [0.3, 0.4) is 0 Å². The van der Waals surface area contributed by atoms with Gasteiger partial charge in [-0.15, -0.1) is 5.10 Å². The molecule has 5 nitrogen and oxygen atoms in total. The Morgan fingerprint density at radius 2 is 1.95 bits per heavy atom. The lowest BCUT2D eigenvalue weighted by Gasteiger charge is -2.23. The van der Waals surface area contributed by atoms with E-state index in [-0.39, 0.29) is 12.1 Å². The molecule has 19 heavy (non-hydrogen) atoms. The van der Waals surface area contributed by atoms with Crippen molar-refractivity contribution in [3.05, 3.63) is 16.8 Å². The number of nitrogens with one attached hydrogen (secondary N) is 1. The Hall–Kier alpha value is -1.67. The van der Waals surface area contributed by atoms with Crippen LogP contribution in [0.25, 0.3) is 0 Å². The molecule has 2 atom stereocenters. The number of hydrogen-bond donors (Lipinski definition) is 2. The molecular formula is C14H21N5. The summed E-state index contributed by atoms with van der Waals surface area (Å²) >= 11 is 0. The fourth-order valence-electron chi connectivity index (χ4n) is 2.54. The Morgan fingerprint density at radius 3 is 2.68 bits per heavy atom. The van der Waals surface area contributed by atoms with Crippen LogP contribution in [-0.4, -0.2) is 22.3 Å². The molecule has 5 heteroatoms. The number of hydrogen-bond acceptors (Lipinski definition) is 5. The minimum Gasteiger partial charge on any atom is -0.363 e. The largest absolute Gasteiger partial charge is 0.363 e. The van der Waals surface area contributed by atoms with Crippen LogP contribution in [0.5, 0.6) is 0 Å². The molecule has 0 saturated heterocycles. The van der Waals surface area contributed by atoms with E-state index in [1.54, 1.807) is 0 Å². The van der Waals surface area contributed by atoms with Crippen LogP contribution in [0.2, 0.25) is 0 Å². The van der Waals surface area contributed by atoms with Crippen molar-refractivity contribution < 1.29 is 0 Å². The predicted octanol–water partition coefficient (Wildman–Crippen LogP) is 2.04. The average Bonchev–Trinajstić information content (AvgIpc) is 2.60. The van der Waals surface area contributed by atoms with Crippen molar-refractivity contribution in [2.24, 2.45) is 5.73 Å². The quantitative estimate of drug-likeness (QED) is 0.793. The van der Waals surface area contributed by atoms with Crippen LogP contribution in [0.1, 0.15) is 48.9 Å². The van der Waals surface area contributed by atoms with Gasteiger partial charge >= 0.3 is 0 Å². The molecule has 3 N–H and O–H groups in total. The first-order valence-corrected chi connectivity index (χ1v) is 6.89. The molecule has 0 aliphatic heterocycles. The third-order valence-corrected chi connectivity index (χ3v) is 3.96. The van der Waals surface area contributed by atoms with Crippen molar-refractivity contribution in [1.29, 1.82) is 5.26 Å². The van der Waals surface area contributed by atoms with Gasteiger partial charge in [-0.1, -0.05) is 19.3 Å². The van der Waals surface area contributed by atoms with Crippen molar-refractivity contribution in [3.63, 3.8) is 0 Å². The average molecular weight is 259 g/mol. The Morgan fingerprint density at radius 1 is 1.21 bits per heavy atom. The molecule has 0 amide bonds. The second-order valence-electron chi connectivity index (χ2n) is 5.30. The van der Waals surface area contributed by atoms with Crippen LogP contribution in [0, 0.1) is 25.2 Å². The van der Waals surface area contributed by atoms with Gasteiger partial charge in [-0.2, -0.15) is 10.4 Å². The van der Waals surface area contributed by atoms with Crippen molar-refractivity contribution >= 4 is 5.82 Å². The van der Waals surface area contributed by atoms with E-state index < -0.39 is 0 Å². The van der Waals surface area contributed by atoms with Gasteiger partial charge in [0.25, 0.3) is 0 Å². The highest BCUT2D eigenvalue weighted by atomic mass is 15.2. The number of aromatic nitrogens is 2. The molecule has 1 heterocycles. The fraction of sp³-hybridized carbons (Fsp3) is 0.643. The summed E-state index contributed by atoms with van der Waals surface area (Å²) in [6.07, 6.45) is 5.64. The summed E-state index contributed by atoms with van der Waals surface area (Å²) in [5, 5.41) is 20.8. The predicted molar refractivity (Wildman–Crippen MR) is 74.7 cm³/mol. The molecule has 1 fully saturated rings. The highest BCUT2D eigenvalue weighted by molar-refractivity contribution is 5.56. The molecule has 2 rings (SSSR count). The molecule has 102 valence electrons. The molecule has 1 aromatic rings. The molecule has 0 spiro atoms. The van der Waals surface area contributed by atoms with E-state index in [9.17, 15) is 5.26 Å². The van der Waals surface area contributed by atoms with Crippen molar-refractivity contribution in [3.8, 4) is 6.07 Å². The first kappa shape index (κ1) is 13.8. The number of rotatable bonds is 2. The third kappa shape index (κ3) is 3.02. The van der Waals surface area contributed by atoms with E-state index in [0.29, 0.717) is 11.4 Å². The molecule has 1 saturated carbocycles. The number of aryl methyl sites for hydroxylation is 1. The van der Waals surface area contributed by atoms with Gasteiger partial charge in [0.2, 0.25) is 0 Å². The first-order valence-electron chi connectivity index (χ1n) is 6.89. The zero-order chi connectivity index (χ0) is 13.8. The lowest BCUT2D eigenvalue weighted by Crippen LogP contribution is -2.39. The maximum atomic E-state index is 9.29. The minimum absolute atomic E-state index is 0.123. The van der Waals surface area contributed by atoms with Crippen LogP contribution >= 0.6 is 0 Å². The van der Waals surface area contributed by atoms with Gasteiger partial charge in [-0.05, 0) is 32.3 Å². The monoisotopic (exact) mass is 259 g/mol.